The van der Waals surface area contributed by atoms with Crippen LogP contribution < -0.4 is 0 Å². The SMILES string of the molecule is Cc1c(Cc2ccc(SN3CCCC3)cc2)c2c(n1CC(=O)O)CCCC2. The van der Waals surface area contributed by atoms with Gasteiger partial charge in [-0.1, -0.05) is 12.1 Å². The van der Waals surface area contributed by atoms with Gasteiger partial charge in [0.05, 0.1) is 0 Å². The lowest BCUT2D eigenvalue weighted by Crippen LogP contribution is -2.15. The Balaban J connectivity index is 1.55. The first-order valence-corrected chi connectivity index (χ1v) is 10.8. The molecule has 1 aliphatic carbocycles. The maximum Gasteiger partial charge on any atom is 0.323 e. The lowest BCUT2D eigenvalue weighted by molar-refractivity contribution is -0.137. The molecule has 2 aliphatic rings. The minimum absolute atomic E-state index is 0.0829. The van der Waals surface area contributed by atoms with Gasteiger partial charge in [0.25, 0.3) is 0 Å². The van der Waals surface area contributed by atoms with Crippen LogP contribution in [-0.4, -0.2) is 33.0 Å². The van der Waals surface area contributed by atoms with Gasteiger partial charge in [-0.3, -0.25) is 4.79 Å². The lowest BCUT2D eigenvalue weighted by Gasteiger charge is -2.15. The van der Waals surface area contributed by atoms with Crippen LogP contribution in [0.2, 0.25) is 0 Å². The molecule has 0 spiro atoms. The summed E-state index contributed by atoms with van der Waals surface area (Å²) in [6.07, 6.45) is 7.98. The summed E-state index contributed by atoms with van der Waals surface area (Å²) in [7, 11) is 0. The van der Waals surface area contributed by atoms with E-state index in [1.165, 1.54) is 59.6 Å². The van der Waals surface area contributed by atoms with Gasteiger partial charge < -0.3 is 9.67 Å². The van der Waals surface area contributed by atoms with Crippen molar-refractivity contribution in [2.45, 2.75) is 63.3 Å². The van der Waals surface area contributed by atoms with Crippen molar-refractivity contribution in [3.63, 3.8) is 0 Å². The predicted molar refractivity (Wildman–Crippen MR) is 109 cm³/mol. The monoisotopic (exact) mass is 384 g/mol. The van der Waals surface area contributed by atoms with E-state index in [-0.39, 0.29) is 6.54 Å². The molecule has 0 bridgehead atoms. The number of aromatic nitrogens is 1. The fourth-order valence-electron chi connectivity index (χ4n) is 4.48. The number of hydrogen-bond donors (Lipinski definition) is 1. The molecule has 2 aromatic rings. The van der Waals surface area contributed by atoms with Gasteiger partial charge in [-0.2, -0.15) is 0 Å². The number of carboxylic acids is 1. The Bertz CT molecular complexity index is 820. The van der Waals surface area contributed by atoms with Crippen molar-refractivity contribution < 1.29 is 9.90 Å². The van der Waals surface area contributed by atoms with Gasteiger partial charge in [-0.05, 0) is 92.6 Å². The third kappa shape index (κ3) is 4.09. The predicted octanol–water partition coefficient (Wildman–Crippen LogP) is 4.45. The Morgan fingerprint density at radius 2 is 1.78 bits per heavy atom. The fourth-order valence-corrected chi connectivity index (χ4v) is 5.48. The Morgan fingerprint density at radius 3 is 2.48 bits per heavy atom. The maximum absolute atomic E-state index is 11.3. The van der Waals surface area contributed by atoms with Crippen LogP contribution in [0, 0.1) is 6.92 Å². The minimum atomic E-state index is -0.753. The van der Waals surface area contributed by atoms with Crippen LogP contribution in [0.25, 0.3) is 0 Å². The highest BCUT2D eigenvalue weighted by molar-refractivity contribution is 7.97. The summed E-state index contributed by atoms with van der Waals surface area (Å²) in [4.78, 5) is 12.6. The normalized spacial score (nSPS) is 17.2. The molecule has 4 rings (SSSR count). The highest BCUT2D eigenvalue weighted by Crippen LogP contribution is 2.32. The number of carboxylic acid groups (broad SMARTS) is 1. The summed E-state index contributed by atoms with van der Waals surface area (Å²) in [5, 5.41) is 9.31. The molecule has 1 aromatic carbocycles. The summed E-state index contributed by atoms with van der Waals surface area (Å²) < 4.78 is 4.49. The quantitative estimate of drug-likeness (QED) is 0.747. The molecule has 5 heteroatoms. The summed E-state index contributed by atoms with van der Waals surface area (Å²) in [5.41, 5.74) is 6.48. The molecule has 0 saturated carbocycles. The van der Waals surface area contributed by atoms with Crippen LogP contribution in [0.4, 0.5) is 0 Å². The molecular formula is C22H28N2O2S. The van der Waals surface area contributed by atoms with E-state index in [0.717, 1.165) is 31.4 Å². The Kier molecular flexibility index (Phi) is 5.60. The summed E-state index contributed by atoms with van der Waals surface area (Å²) >= 11 is 1.87. The Labute approximate surface area is 165 Å². The third-order valence-corrected chi connectivity index (χ3v) is 6.97. The standard InChI is InChI=1S/C22H28N2O2S/c1-16-20(19-6-2-3-7-21(19)24(16)15-22(25)26)14-17-8-10-18(11-9-17)27-23-12-4-5-13-23/h8-11H,2-7,12-15H2,1H3,(H,25,26). The van der Waals surface area contributed by atoms with Crippen molar-refractivity contribution in [1.82, 2.24) is 8.87 Å². The van der Waals surface area contributed by atoms with Gasteiger partial charge in [0, 0.05) is 29.4 Å². The van der Waals surface area contributed by atoms with E-state index in [2.05, 4.69) is 35.5 Å². The molecule has 144 valence electrons. The molecule has 1 aliphatic heterocycles. The van der Waals surface area contributed by atoms with E-state index in [9.17, 15) is 9.90 Å². The molecule has 27 heavy (non-hydrogen) atoms. The van der Waals surface area contributed by atoms with Crippen LogP contribution >= 0.6 is 11.9 Å². The van der Waals surface area contributed by atoms with Crippen LogP contribution in [0.3, 0.4) is 0 Å². The smallest absolute Gasteiger partial charge is 0.323 e. The van der Waals surface area contributed by atoms with E-state index < -0.39 is 5.97 Å². The molecule has 1 N–H and O–H groups in total. The molecule has 4 nitrogen and oxygen atoms in total. The zero-order chi connectivity index (χ0) is 18.8. The fraction of sp³-hybridized carbons (Fsp3) is 0.500. The number of nitrogens with zero attached hydrogens (tertiary/aromatic N) is 2. The molecule has 0 amide bonds. The van der Waals surface area contributed by atoms with Gasteiger partial charge in [-0.25, -0.2) is 4.31 Å². The first-order valence-electron chi connectivity index (χ1n) is 10.0. The molecule has 1 saturated heterocycles. The van der Waals surface area contributed by atoms with Crippen molar-refractivity contribution in [3.05, 3.63) is 52.3 Å². The second kappa shape index (κ2) is 8.11. The molecule has 1 fully saturated rings. The highest BCUT2D eigenvalue weighted by atomic mass is 32.2. The van der Waals surface area contributed by atoms with Crippen molar-refractivity contribution in [2.75, 3.05) is 13.1 Å². The van der Waals surface area contributed by atoms with E-state index >= 15 is 0 Å². The maximum atomic E-state index is 11.3. The first-order chi connectivity index (χ1) is 13.1. The number of fused-ring (bicyclic) bond motifs is 1. The number of benzene rings is 1. The molecule has 0 unspecified atom stereocenters. The van der Waals surface area contributed by atoms with Crippen molar-refractivity contribution in [1.29, 1.82) is 0 Å². The van der Waals surface area contributed by atoms with Crippen LogP contribution in [0.1, 0.15) is 53.8 Å². The van der Waals surface area contributed by atoms with Gasteiger partial charge in [-0.15, -0.1) is 0 Å². The van der Waals surface area contributed by atoms with Crippen molar-refractivity contribution in [2.24, 2.45) is 0 Å². The largest absolute Gasteiger partial charge is 0.480 e. The average Bonchev–Trinajstić information content (AvgIpc) is 3.26. The molecular weight excluding hydrogens is 356 g/mol. The Morgan fingerprint density at radius 1 is 1.07 bits per heavy atom. The third-order valence-electron chi connectivity index (χ3n) is 5.87. The van der Waals surface area contributed by atoms with Gasteiger partial charge >= 0.3 is 5.97 Å². The number of aliphatic carboxylic acids is 1. The number of carbonyl (C=O) groups is 1. The van der Waals surface area contributed by atoms with E-state index in [4.69, 9.17) is 0 Å². The van der Waals surface area contributed by atoms with Gasteiger partial charge in [0.15, 0.2) is 0 Å². The van der Waals surface area contributed by atoms with E-state index in [1.54, 1.807) is 0 Å². The van der Waals surface area contributed by atoms with Crippen molar-refractivity contribution >= 4 is 17.9 Å². The zero-order valence-electron chi connectivity index (χ0n) is 16.0. The molecule has 0 atom stereocenters. The molecule has 2 heterocycles. The topological polar surface area (TPSA) is 45.5 Å². The number of rotatable bonds is 6. The highest BCUT2D eigenvalue weighted by Gasteiger charge is 2.23. The number of hydrogen-bond acceptors (Lipinski definition) is 3. The Hall–Kier alpha value is -1.72. The van der Waals surface area contributed by atoms with E-state index in [1.807, 2.05) is 16.5 Å². The summed E-state index contributed by atoms with van der Waals surface area (Å²) in [5.74, 6) is -0.753. The lowest BCUT2D eigenvalue weighted by atomic mass is 9.92. The second-order valence-corrected chi connectivity index (χ2v) is 8.89. The van der Waals surface area contributed by atoms with Crippen molar-refractivity contribution in [3.8, 4) is 0 Å². The molecule has 0 radical (unpaired) electrons. The zero-order valence-corrected chi connectivity index (χ0v) is 16.9. The summed E-state index contributed by atoms with van der Waals surface area (Å²) in [6, 6.07) is 8.94. The molecule has 1 aromatic heterocycles. The van der Waals surface area contributed by atoms with Crippen LogP contribution in [0.15, 0.2) is 29.2 Å². The average molecular weight is 385 g/mol. The van der Waals surface area contributed by atoms with Gasteiger partial charge in [0.1, 0.15) is 6.54 Å². The van der Waals surface area contributed by atoms with Crippen LogP contribution in [-0.2, 0) is 30.6 Å². The van der Waals surface area contributed by atoms with Crippen LogP contribution in [0.5, 0.6) is 0 Å². The minimum Gasteiger partial charge on any atom is -0.480 e. The summed E-state index contributed by atoms with van der Waals surface area (Å²) in [6.45, 7) is 4.55. The van der Waals surface area contributed by atoms with E-state index in [0.29, 0.717) is 0 Å². The van der Waals surface area contributed by atoms with Gasteiger partial charge in [0.2, 0.25) is 0 Å². The second-order valence-electron chi connectivity index (χ2n) is 7.72. The first kappa shape index (κ1) is 18.6.